The normalized spacial score (nSPS) is 42.2. The van der Waals surface area contributed by atoms with Gasteiger partial charge in [-0.1, -0.05) is 0 Å². The van der Waals surface area contributed by atoms with Gasteiger partial charge >= 0.3 is 0 Å². The summed E-state index contributed by atoms with van der Waals surface area (Å²) in [4.78, 5) is 0. The van der Waals surface area contributed by atoms with E-state index < -0.39 is 184 Å². The van der Waals surface area contributed by atoms with Crippen LogP contribution in [0.25, 0.3) is 0 Å². The smallest absolute Gasteiger partial charge is 0.243 e. The largest absolute Gasteiger partial charge is 1.00 e. The molecule has 34 heteroatoms. The highest BCUT2D eigenvalue weighted by Crippen LogP contribution is 2.42. The lowest BCUT2D eigenvalue weighted by Gasteiger charge is -2.53. The van der Waals surface area contributed by atoms with E-state index in [1.807, 2.05) is 69.8 Å². The first-order chi connectivity index (χ1) is 44.7. The molecule has 22 aliphatic heterocycles. The molecule has 0 aliphatic carbocycles. The lowest BCUT2D eigenvalue weighted by molar-refractivity contribution is -0.671. The standard InChI is InChI=1S/C60H102N4O28.2HI/c1-61-19-21-63(29-61)23-31-37-43(69-7)49(75-13)55(81-31)89-39-33(25-65-3)85-59(53(79-17)45(39)71-9)92-42-36(28-68-6)84-58(52(78-16)48(42)74-12)88-38-32(24-64-22-20-62(2)30-64)82-56(50(76-14)44(38)70-8)90-40-34(26-66-4)86-60(54(80-18)46(40)72-10)91-41-35(27-67-5)83-57(87-37)51(77-15)47(41)73-11;;/h19-22,29-60H,23-28H2,1-18H3;2*1H/q+2;;/p-2/t31-,32-,33-,34-,35-,36-,37-,38-,39-,40-,41-,42-,43+,44+,45+,46+,47+,48+,49-,50-,51-,52-,53-,54-,55-,56-,57-,58-,59-,60-;;/m1../s1. The topological polar surface area (TPSA) is 276 Å². The van der Waals surface area contributed by atoms with Crippen LogP contribution in [-0.2, 0) is 160 Å². The maximum Gasteiger partial charge on any atom is 0.243 e. The molecule has 0 N–H and O–H groups in total. The Hall–Kier alpha value is -1.24. The molecule has 0 saturated carbocycles. The fourth-order valence-corrected chi connectivity index (χ4v) is 14.1. The number of rotatable bonds is 24. The molecule has 0 amide bonds. The predicted octanol–water partition coefficient (Wildman–Crippen LogP) is -7.91. The van der Waals surface area contributed by atoms with Gasteiger partial charge in [-0.2, -0.15) is 0 Å². The summed E-state index contributed by atoms with van der Waals surface area (Å²) in [6.07, 6.45) is -18.1. The second-order valence-electron chi connectivity index (χ2n) is 23.6. The summed E-state index contributed by atoms with van der Waals surface area (Å²) in [7, 11) is 28.5. The van der Waals surface area contributed by atoms with Gasteiger partial charge in [0, 0.05) is 114 Å². The Labute approximate surface area is 584 Å². The van der Waals surface area contributed by atoms with Gasteiger partial charge in [-0.25, -0.2) is 18.3 Å². The molecule has 24 heterocycles. The number of methoxy groups -OCH3 is 16. The van der Waals surface area contributed by atoms with Crippen molar-refractivity contribution in [1.29, 1.82) is 0 Å². The molecule has 22 saturated heterocycles. The number of imidazole rings is 2. The quantitative estimate of drug-likeness (QED) is 0.0697. The van der Waals surface area contributed by atoms with E-state index in [0.29, 0.717) is 0 Å². The number of hydrogen-bond acceptors (Lipinski definition) is 28. The molecule has 0 aromatic carbocycles. The van der Waals surface area contributed by atoms with Gasteiger partial charge < -0.3 is 181 Å². The van der Waals surface area contributed by atoms with Crippen molar-refractivity contribution in [3.8, 4) is 0 Å². The van der Waals surface area contributed by atoms with Crippen molar-refractivity contribution >= 4 is 0 Å². The number of aryl methyl sites for hydroxylation is 2. The highest BCUT2D eigenvalue weighted by molar-refractivity contribution is 5.04. The molecule has 24 rings (SSSR count). The van der Waals surface area contributed by atoms with E-state index in [1.54, 1.807) is 71.1 Å². The van der Waals surface area contributed by atoms with Gasteiger partial charge in [-0.05, 0) is 0 Å². The average molecular weight is 1580 g/mol. The van der Waals surface area contributed by atoms with Gasteiger partial charge in [0.2, 0.25) is 12.7 Å². The van der Waals surface area contributed by atoms with Crippen molar-refractivity contribution in [3.05, 3.63) is 37.4 Å². The molecular formula is C60H102I2N4O28. The SMILES string of the molecule is COC[C@H]1O[C@@H]2O[C@H]3[C@H](OC)[C@@H](OC)[C@@H](O[C@H]4[C@H](OC)[C@@H](OC)[C@@H](O[C@H]5[C@H](OC)[C@@H](OC)[C@@H](O[C@H]6[C@H](OC)[C@@H](OC)[C@@H](O[C@H]7[C@H](OC)[C@@H](OC)[C@@H](O[C@H]1[C@H](OC)[C@H]2OC)O[C@@H]7COC)O[C@@H]6Cn1cc[n+](C)c1)O[C@@H]5COC)O[C@@H]4COC)O[C@@H]3Cn1cc[n+](C)c1.[I-].[I-]. The Kier molecular flexibility index (Phi) is 32.5. The summed E-state index contributed by atoms with van der Waals surface area (Å²) in [6.45, 7) is 0.432. The molecule has 30 atom stereocenters. The molecule has 544 valence electrons. The van der Waals surface area contributed by atoms with Crippen molar-refractivity contribution in [2.45, 2.75) is 197 Å². The second-order valence-corrected chi connectivity index (χ2v) is 23.6. The molecule has 0 radical (unpaired) electrons. The fourth-order valence-electron chi connectivity index (χ4n) is 14.1. The summed E-state index contributed by atoms with van der Waals surface area (Å²) in [6, 6.07) is 0. The first-order valence-corrected chi connectivity index (χ1v) is 30.9. The van der Waals surface area contributed by atoms with Crippen LogP contribution in [0.3, 0.4) is 0 Å². The zero-order valence-corrected chi connectivity index (χ0v) is 61.3. The van der Waals surface area contributed by atoms with Crippen LogP contribution in [0.4, 0.5) is 0 Å². The van der Waals surface area contributed by atoms with Crippen LogP contribution in [0.5, 0.6) is 0 Å². The van der Waals surface area contributed by atoms with E-state index >= 15 is 0 Å². The van der Waals surface area contributed by atoms with Crippen LogP contribution >= 0.6 is 0 Å². The molecule has 94 heavy (non-hydrogen) atoms. The Morgan fingerprint density at radius 1 is 0.266 bits per heavy atom. The Balaban J connectivity index is 0.00000625. The lowest BCUT2D eigenvalue weighted by Crippen LogP contribution is -3.00. The first kappa shape index (κ1) is 80.1. The van der Waals surface area contributed by atoms with Crippen molar-refractivity contribution in [2.24, 2.45) is 14.1 Å². The van der Waals surface area contributed by atoms with Crippen molar-refractivity contribution in [2.75, 3.05) is 140 Å². The van der Waals surface area contributed by atoms with Crippen LogP contribution in [0, 0.1) is 0 Å². The molecule has 22 aliphatic rings. The van der Waals surface area contributed by atoms with Crippen molar-refractivity contribution < 1.29 is 190 Å². The summed E-state index contributed by atoms with van der Waals surface area (Å²) in [5, 5.41) is 0. The van der Waals surface area contributed by atoms with E-state index in [4.69, 9.17) is 133 Å². The Morgan fingerprint density at radius 3 is 0.606 bits per heavy atom. The van der Waals surface area contributed by atoms with Crippen LogP contribution < -0.4 is 57.1 Å². The molecule has 2 aromatic rings. The average Bonchev–Trinajstić information content (AvgIpc) is 0.794. The third-order valence-corrected chi connectivity index (χ3v) is 18.3. The van der Waals surface area contributed by atoms with Gasteiger partial charge in [-0.3, -0.25) is 0 Å². The number of halogens is 2. The van der Waals surface area contributed by atoms with E-state index in [0.717, 1.165) is 0 Å². The van der Waals surface area contributed by atoms with Crippen LogP contribution in [0.1, 0.15) is 0 Å². The van der Waals surface area contributed by atoms with Gasteiger partial charge in [0.1, 0.15) is 184 Å². The van der Waals surface area contributed by atoms with E-state index in [2.05, 4.69) is 0 Å². The zero-order valence-electron chi connectivity index (χ0n) is 57.0. The highest BCUT2D eigenvalue weighted by atomic mass is 127. The Morgan fingerprint density at radius 2 is 0.447 bits per heavy atom. The van der Waals surface area contributed by atoms with Crippen LogP contribution in [0.15, 0.2) is 37.4 Å². The van der Waals surface area contributed by atoms with Gasteiger partial charge in [0.25, 0.3) is 0 Å². The first-order valence-electron chi connectivity index (χ1n) is 30.9. The zero-order chi connectivity index (χ0) is 65.9. The third kappa shape index (κ3) is 17.4. The molecule has 2 aromatic heterocycles. The molecule has 22 fully saturated rings. The van der Waals surface area contributed by atoms with E-state index in [1.165, 1.54) is 42.7 Å². The summed E-state index contributed by atoms with van der Waals surface area (Å²) in [5.74, 6) is 0. The number of ether oxygens (including phenoxy) is 28. The van der Waals surface area contributed by atoms with Gasteiger partial charge in [0.05, 0.1) is 40.5 Å². The number of nitrogens with zero attached hydrogens (tertiary/aromatic N) is 4. The maximum absolute atomic E-state index is 7.19. The van der Waals surface area contributed by atoms with Crippen LogP contribution in [0.2, 0.25) is 0 Å². The highest BCUT2D eigenvalue weighted by Gasteiger charge is 2.61. The minimum atomic E-state index is -1.19. The lowest BCUT2D eigenvalue weighted by atomic mass is 9.94. The minimum absolute atomic E-state index is 0. The van der Waals surface area contributed by atoms with Gasteiger partial charge in [0.15, 0.2) is 37.7 Å². The monoisotopic (exact) mass is 1580 g/mol. The van der Waals surface area contributed by atoms with Gasteiger partial charge in [-0.15, -0.1) is 0 Å². The van der Waals surface area contributed by atoms with E-state index in [9.17, 15) is 0 Å². The molecule has 12 bridgehead atoms. The predicted molar refractivity (Wildman–Crippen MR) is 309 cm³/mol. The summed E-state index contributed by atoms with van der Waals surface area (Å²) < 4.78 is 192. The summed E-state index contributed by atoms with van der Waals surface area (Å²) in [5.41, 5.74) is 0. The fraction of sp³-hybridized carbons (Fsp3) is 0.900. The minimum Gasteiger partial charge on any atom is -1.00 e. The Bertz CT molecular complexity index is 2300. The molecule has 0 unspecified atom stereocenters. The van der Waals surface area contributed by atoms with E-state index in [-0.39, 0.29) is 87.5 Å². The second kappa shape index (κ2) is 38.1. The third-order valence-electron chi connectivity index (χ3n) is 18.3. The number of hydrogen-bond donors (Lipinski definition) is 0. The summed E-state index contributed by atoms with van der Waals surface area (Å²) >= 11 is 0. The van der Waals surface area contributed by atoms with Crippen LogP contribution in [-0.4, -0.2) is 334 Å². The molecule has 0 spiro atoms. The molecular weight excluding hydrogens is 1480 g/mol. The van der Waals surface area contributed by atoms with Crippen molar-refractivity contribution in [1.82, 2.24) is 9.13 Å². The van der Waals surface area contributed by atoms with Crippen molar-refractivity contribution in [3.63, 3.8) is 0 Å². The number of aromatic nitrogens is 4. The molecule has 32 nitrogen and oxygen atoms in total. The maximum atomic E-state index is 7.19.